The van der Waals surface area contributed by atoms with Gasteiger partial charge in [0, 0.05) is 13.2 Å². The first-order valence-corrected chi connectivity index (χ1v) is 12.5. The molecule has 1 fully saturated rings. The smallest absolute Gasteiger partial charge is 0.261 e. The van der Waals surface area contributed by atoms with Gasteiger partial charge in [-0.05, 0) is 53.3 Å². The average Bonchev–Trinajstić information content (AvgIpc) is 2.85. The summed E-state index contributed by atoms with van der Waals surface area (Å²) in [5.74, 6) is 3.05. The van der Waals surface area contributed by atoms with Gasteiger partial charge in [-0.2, -0.15) is 0 Å². The molecular formula is C25H26N2O2S2. The van der Waals surface area contributed by atoms with Crippen molar-refractivity contribution in [2.24, 2.45) is 0 Å². The van der Waals surface area contributed by atoms with E-state index < -0.39 is 0 Å². The lowest BCUT2D eigenvalue weighted by Gasteiger charge is -2.28. The van der Waals surface area contributed by atoms with Crippen molar-refractivity contribution < 1.29 is 9.53 Å². The third-order valence-corrected chi connectivity index (χ3v) is 8.22. The van der Waals surface area contributed by atoms with E-state index in [2.05, 4.69) is 17.1 Å². The van der Waals surface area contributed by atoms with Crippen LogP contribution in [0.4, 0.5) is 0 Å². The largest absolute Gasteiger partial charge is 0.484 e. The van der Waals surface area contributed by atoms with Gasteiger partial charge in [0.25, 0.3) is 5.91 Å². The van der Waals surface area contributed by atoms with Crippen LogP contribution in [0.2, 0.25) is 0 Å². The van der Waals surface area contributed by atoms with Gasteiger partial charge in [-0.25, -0.2) is 0 Å². The third-order valence-electron chi connectivity index (χ3n) is 5.21. The predicted octanol–water partition coefficient (Wildman–Crippen LogP) is 5.58. The summed E-state index contributed by atoms with van der Waals surface area (Å²) in [5.41, 5.74) is 3.16. The summed E-state index contributed by atoms with van der Waals surface area (Å²) in [6.45, 7) is -0.0149. The van der Waals surface area contributed by atoms with Crippen molar-refractivity contribution in [1.82, 2.24) is 9.88 Å². The van der Waals surface area contributed by atoms with Crippen LogP contribution < -0.4 is 4.74 Å². The van der Waals surface area contributed by atoms with E-state index in [-0.39, 0.29) is 18.6 Å². The van der Waals surface area contributed by atoms with Crippen LogP contribution in [0.3, 0.4) is 0 Å². The summed E-state index contributed by atoms with van der Waals surface area (Å²) in [7, 11) is 1.80. The fourth-order valence-corrected chi connectivity index (χ4v) is 6.45. The van der Waals surface area contributed by atoms with Gasteiger partial charge in [0.1, 0.15) is 5.75 Å². The van der Waals surface area contributed by atoms with Crippen LogP contribution in [0.5, 0.6) is 5.75 Å². The zero-order valence-corrected chi connectivity index (χ0v) is 19.1. The maximum absolute atomic E-state index is 13.0. The van der Waals surface area contributed by atoms with Gasteiger partial charge < -0.3 is 9.64 Å². The SMILES string of the molecule is CN(C(=O)COc1ccc(C2SCCCS2)cc1)C(c1ccccc1)c1ccccn1. The molecule has 4 rings (SSSR count). The highest BCUT2D eigenvalue weighted by Gasteiger charge is 2.25. The van der Waals surface area contributed by atoms with Crippen molar-refractivity contribution in [3.63, 3.8) is 0 Å². The van der Waals surface area contributed by atoms with E-state index in [0.29, 0.717) is 10.3 Å². The number of amides is 1. The van der Waals surface area contributed by atoms with Crippen LogP contribution in [0.15, 0.2) is 79.0 Å². The van der Waals surface area contributed by atoms with Crippen LogP contribution >= 0.6 is 23.5 Å². The topological polar surface area (TPSA) is 42.4 Å². The molecule has 1 aliphatic heterocycles. The molecule has 1 unspecified atom stereocenters. The number of thioether (sulfide) groups is 2. The molecule has 31 heavy (non-hydrogen) atoms. The van der Waals surface area contributed by atoms with Gasteiger partial charge in [0.2, 0.25) is 0 Å². The fourth-order valence-electron chi connectivity index (χ4n) is 3.56. The van der Waals surface area contributed by atoms with Crippen molar-refractivity contribution >= 4 is 29.4 Å². The second-order valence-corrected chi connectivity index (χ2v) is 10.1. The Morgan fingerprint density at radius 3 is 2.42 bits per heavy atom. The minimum atomic E-state index is -0.263. The Bertz CT molecular complexity index is 922. The van der Waals surface area contributed by atoms with E-state index >= 15 is 0 Å². The van der Waals surface area contributed by atoms with Gasteiger partial charge in [0.15, 0.2) is 6.61 Å². The summed E-state index contributed by atoms with van der Waals surface area (Å²) in [6.07, 6.45) is 3.04. The molecule has 160 valence electrons. The van der Waals surface area contributed by atoms with E-state index in [1.807, 2.05) is 84.2 Å². The Hall–Kier alpha value is -2.44. The lowest BCUT2D eigenvalue weighted by Crippen LogP contribution is -2.35. The number of ether oxygens (including phenoxy) is 1. The van der Waals surface area contributed by atoms with E-state index in [1.165, 1.54) is 23.5 Å². The highest BCUT2D eigenvalue weighted by Crippen LogP contribution is 2.43. The summed E-state index contributed by atoms with van der Waals surface area (Å²) >= 11 is 4.00. The molecule has 0 N–H and O–H groups in total. The van der Waals surface area contributed by atoms with E-state index in [4.69, 9.17) is 4.74 Å². The molecule has 4 nitrogen and oxygen atoms in total. The number of rotatable bonds is 7. The van der Waals surface area contributed by atoms with E-state index in [0.717, 1.165) is 11.3 Å². The van der Waals surface area contributed by atoms with Gasteiger partial charge in [-0.1, -0.05) is 48.5 Å². The number of benzene rings is 2. The van der Waals surface area contributed by atoms with Crippen LogP contribution in [0, 0.1) is 0 Å². The minimum absolute atomic E-state index is 0.0149. The molecule has 1 aromatic heterocycles. The van der Waals surface area contributed by atoms with Crippen molar-refractivity contribution in [1.29, 1.82) is 0 Å². The highest BCUT2D eigenvalue weighted by atomic mass is 32.2. The van der Waals surface area contributed by atoms with Crippen molar-refractivity contribution in [3.05, 3.63) is 95.8 Å². The molecule has 3 aromatic rings. The van der Waals surface area contributed by atoms with E-state index in [9.17, 15) is 4.79 Å². The zero-order valence-electron chi connectivity index (χ0n) is 17.5. The summed E-state index contributed by atoms with van der Waals surface area (Å²) < 4.78 is 6.33. The molecule has 1 amide bonds. The Kier molecular flexibility index (Phi) is 7.54. The Balaban J connectivity index is 1.42. The Morgan fingerprint density at radius 2 is 1.74 bits per heavy atom. The second kappa shape index (κ2) is 10.7. The van der Waals surface area contributed by atoms with Crippen LogP contribution in [0.1, 0.15) is 33.9 Å². The summed E-state index contributed by atoms with van der Waals surface area (Å²) in [4.78, 5) is 19.2. The first kappa shape index (κ1) is 21.8. The van der Waals surface area contributed by atoms with Crippen molar-refractivity contribution in [2.45, 2.75) is 17.0 Å². The van der Waals surface area contributed by atoms with Crippen LogP contribution in [0.25, 0.3) is 0 Å². The van der Waals surface area contributed by atoms with Crippen LogP contribution in [-0.2, 0) is 4.79 Å². The lowest BCUT2D eigenvalue weighted by molar-refractivity contribution is -0.133. The van der Waals surface area contributed by atoms with Crippen molar-refractivity contribution in [3.8, 4) is 5.75 Å². The number of nitrogens with zero attached hydrogens (tertiary/aromatic N) is 2. The molecule has 2 heterocycles. The molecule has 0 spiro atoms. The summed E-state index contributed by atoms with van der Waals surface area (Å²) in [5, 5.41) is 0. The van der Waals surface area contributed by atoms with E-state index in [1.54, 1.807) is 18.1 Å². The molecule has 0 radical (unpaired) electrons. The first-order chi connectivity index (χ1) is 15.2. The molecule has 1 saturated heterocycles. The number of likely N-dealkylation sites (N-methyl/N-ethyl adjacent to an activating group) is 1. The molecule has 0 aliphatic carbocycles. The summed E-state index contributed by atoms with van der Waals surface area (Å²) in [6, 6.07) is 23.6. The first-order valence-electron chi connectivity index (χ1n) is 10.4. The fraction of sp³-hybridized carbons (Fsp3) is 0.280. The minimum Gasteiger partial charge on any atom is -0.484 e. The lowest BCUT2D eigenvalue weighted by atomic mass is 10.0. The number of aromatic nitrogens is 1. The quantitative estimate of drug-likeness (QED) is 0.470. The highest BCUT2D eigenvalue weighted by molar-refractivity contribution is 8.16. The average molecular weight is 451 g/mol. The standard InChI is InChI=1S/C25H26N2O2S2/c1-27(24(19-8-3-2-4-9-19)22-10-5-6-15-26-22)23(28)18-29-21-13-11-20(12-14-21)25-30-16-7-17-31-25/h2-6,8-15,24-25H,7,16-18H2,1H3. The molecule has 0 bridgehead atoms. The number of carbonyl (C=O) groups excluding carboxylic acids is 1. The van der Waals surface area contributed by atoms with Gasteiger partial charge in [-0.3, -0.25) is 9.78 Å². The maximum atomic E-state index is 13.0. The van der Waals surface area contributed by atoms with Gasteiger partial charge >= 0.3 is 0 Å². The molecular weight excluding hydrogens is 424 g/mol. The molecule has 1 aliphatic rings. The number of pyridine rings is 1. The number of hydrogen-bond donors (Lipinski definition) is 0. The molecule has 2 aromatic carbocycles. The number of carbonyl (C=O) groups is 1. The Morgan fingerprint density at radius 1 is 1.03 bits per heavy atom. The van der Waals surface area contributed by atoms with Gasteiger partial charge in [-0.15, -0.1) is 23.5 Å². The normalized spacial score (nSPS) is 15.3. The van der Waals surface area contributed by atoms with Gasteiger partial charge in [0.05, 0.1) is 16.3 Å². The van der Waals surface area contributed by atoms with Crippen molar-refractivity contribution in [2.75, 3.05) is 25.2 Å². The number of hydrogen-bond acceptors (Lipinski definition) is 5. The maximum Gasteiger partial charge on any atom is 0.261 e. The second-order valence-electron chi connectivity index (χ2n) is 7.36. The van der Waals surface area contributed by atoms with Crippen LogP contribution in [-0.4, -0.2) is 41.0 Å². The molecule has 1 atom stereocenters. The zero-order chi connectivity index (χ0) is 21.5. The molecule has 6 heteroatoms. The monoisotopic (exact) mass is 450 g/mol. The Labute approximate surface area is 192 Å². The third kappa shape index (κ3) is 5.63. The predicted molar refractivity (Wildman–Crippen MR) is 130 cm³/mol. The molecule has 0 saturated carbocycles.